The van der Waals surface area contributed by atoms with Crippen molar-refractivity contribution >= 4 is 50.9 Å². The van der Waals surface area contributed by atoms with Gasteiger partial charge in [0, 0.05) is 10.6 Å². The summed E-state index contributed by atoms with van der Waals surface area (Å²) in [5.41, 5.74) is 7.08. The summed E-state index contributed by atoms with van der Waals surface area (Å²) in [6.07, 6.45) is -0.314. The Hall–Kier alpha value is -4.09. The van der Waals surface area contributed by atoms with E-state index < -0.39 is 27.8 Å². The Kier molecular flexibility index (Phi) is 7.61. The van der Waals surface area contributed by atoms with Crippen LogP contribution in [0.15, 0.2) is 93.2 Å². The second kappa shape index (κ2) is 10.7. The Labute approximate surface area is 224 Å². The molecule has 2 amide bonds. The van der Waals surface area contributed by atoms with Crippen LogP contribution in [0.4, 0.5) is 11.4 Å². The van der Waals surface area contributed by atoms with Crippen LogP contribution in [0, 0.1) is 6.92 Å². The number of nitrogens with zero attached hydrogens (tertiary/aromatic N) is 1. The third-order valence-electron chi connectivity index (χ3n) is 5.41. The molecular formula is C27H25N3O6S2. The van der Waals surface area contributed by atoms with Gasteiger partial charge in [-0.15, -0.1) is 0 Å². The minimum Gasteiger partial charge on any atom is -0.459 e. The summed E-state index contributed by atoms with van der Waals surface area (Å²) >= 11 is 0.978. The van der Waals surface area contributed by atoms with Gasteiger partial charge in [0.25, 0.3) is 21.8 Å². The van der Waals surface area contributed by atoms with E-state index in [2.05, 4.69) is 4.72 Å². The molecule has 9 nitrogen and oxygen atoms in total. The largest absolute Gasteiger partial charge is 0.459 e. The van der Waals surface area contributed by atoms with Crippen LogP contribution in [-0.4, -0.2) is 32.3 Å². The number of esters is 1. The van der Waals surface area contributed by atoms with Gasteiger partial charge in [0.05, 0.1) is 22.3 Å². The molecule has 0 spiro atoms. The molecule has 1 aliphatic rings. The minimum absolute atomic E-state index is 0.0823. The molecule has 11 heteroatoms. The third-order valence-corrected chi connectivity index (χ3v) is 7.87. The maximum absolute atomic E-state index is 13.5. The van der Waals surface area contributed by atoms with Crippen LogP contribution < -0.4 is 15.4 Å². The summed E-state index contributed by atoms with van der Waals surface area (Å²) in [5.74, 6) is -2.09. The molecule has 0 bridgehead atoms. The van der Waals surface area contributed by atoms with Gasteiger partial charge in [0.1, 0.15) is 10.6 Å². The number of nitrogen functional groups attached to an aromatic ring is 1. The first-order valence-corrected chi connectivity index (χ1v) is 13.8. The van der Waals surface area contributed by atoms with Crippen molar-refractivity contribution in [2.75, 3.05) is 10.6 Å². The molecule has 0 aromatic heterocycles. The number of anilines is 2. The Balaban J connectivity index is 1.70. The van der Waals surface area contributed by atoms with Gasteiger partial charge in [-0.2, -0.15) is 0 Å². The quantitative estimate of drug-likeness (QED) is 0.244. The number of carbonyl (C=O) groups excluding carboxylic acids is 3. The normalized spacial score (nSPS) is 13.8. The van der Waals surface area contributed by atoms with Crippen molar-refractivity contribution in [3.8, 4) is 0 Å². The van der Waals surface area contributed by atoms with Gasteiger partial charge in [-0.1, -0.05) is 29.5 Å². The summed E-state index contributed by atoms with van der Waals surface area (Å²) in [6, 6.07) is 18.4. The lowest BCUT2D eigenvalue weighted by Gasteiger charge is -2.16. The van der Waals surface area contributed by atoms with Crippen molar-refractivity contribution in [2.24, 2.45) is 0 Å². The number of hydrogen-bond donors (Lipinski definition) is 2. The van der Waals surface area contributed by atoms with Gasteiger partial charge >= 0.3 is 5.97 Å². The number of hydrogen-bond acceptors (Lipinski definition) is 8. The van der Waals surface area contributed by atoms with E-state index in [-0.39, 0.29) is 32.9 Å². The molecule has 0 radical (unpaired) electrons. The summed E-state index contributed by atoms with van der Waals surface area (Å²) in [7, 11) is -4.22. The Bertz CT molecular complexity index is 1530. The van der Waals surface area contributed by atoms with E-state index in [4.69, 9.17) is 10.5 Å². The van der Waals surface area contributed by atoms with E-state index >= 15 is 0 Å². The number of nitrogens with two attached hydrogens (primary N) is 1. The fourth-order valence-corrected chi connectivity index (χ4v) is 5.58. The molecule has 3 aromatic rings. The number of imide groups is 1. The maximum Gasteiger partial charge on any atom is 0.338 e. The Morgan fingerprint density at radius 2 is 1.53 bits per heavy atom. The first kappa shape index (κ1) is 27.0. The number of aryl methyl sites for hydroxylation is 1. The molecule has 0 saturated carbocycles. The fraction of sp³-hybridized carbons (Fsp3) is 0.148. The predicted octanol–water partition coefficient (Wildman–Crippen LogP) is 4.00. The molecule has 3 aromatic carbocycles. The number of carbonyl (C=O) groups is 3. The van der Waals surface area contributed by atoms with Gasteiger partial charge in [-0.05, 0) is 81.4 Å². The number of rotatable bonds is 8. The predicted molar refractivity (Wildman–Crippen MR) is 145 cm³/mol. The summed E-state index contributed by atoms with van der Waals surface area (Å²) < 4.78 is 33.7. The second-order valence-electron chi connectivity index (χ2n) is 8.74. The third kappa shape index (κ3) is 5.74. The summed E-state index contributed by atoms with van der Waals surface area (Å²) in [5, 5.41) is 0. The van der Waals surface area contributed by atoms with Gasteiger partial charge in [0.2, 0.25) is 0 Å². The van der Waals surface area contributed by atoms with E-state index in [1.165, 1.54) is 48.5 Å². The number of amides is 2. The first-order valence-electron chi connectivity index (χ1n) is 11.5. The highest BCUT2D eigenvalue weighted by molar-refractivity contribution is 8.04. The molecule has 0 saturated heterocycles. The van der Waals surface area contributed by atoms with Crippen LogP contribution in [0.25, 0.3) is 0 Å². The van der Waals surface area contributed by atoms with Gasteiger partial charge in [0.15, 0.2) is 0 Å². The van der Waals surface area contributed by atoms with Crippen molar-refractivity contribution in [2.45, 2.75) is 36.7 Å². The number of benzene rings is 3. The second-order valence-corrected chi connectivity index (χ2v) is 11.5. The number of nitrogens with one attached hydrogen (secondary N) is 1. The van der Waals surface area contributed by atoms with Crippen LogP contribution in [0.2, 0.25) is 0 Å². The van der Waals surface area contributed by atoms with Crippen molar-refractivity contribution in [1.82, 2.24) is 4.72 Å². The van der Waals surface area contributed by atoms with Crippen molar-refractivity contribution in [3.63, 3.8) is 0 Å². The van der Waals surface area contributed by atoms with Crippen molar-refractivity contribution < 1.29 is 27.5 Å². The SMILES string of the molecule is Cc1ccc(SC2=C(NS(=O)(=O)c3ccc(N)cc3)C(=O)N(c3ccc(C(=O)OC(C)C)cc3)C2=O)cc1. The molecule has 0 unspecified atom stereocenters. The van der Waals surface area contributed by atoms with E-state index in [0.29, 0.717) is 10.6 Å². The number of thioether (sulfide) groups is 1. The van der Waals surface area contributed by atoms with Crippen molar-refractivity contribution in [1.29, 1.82) is 0 Å². The highest BCUT2D eigenvalue weighted by Crippen LogP contribution is 2.37. The molecule has 38 heavy (non-hydrogen) atoms. The van der Waals surface area contributed by atoms with Crippen LogP contribution >= 0.6 is 11.8 Å². The lowest BCUT2D eigenvalue weighted by Crippen LogP contribution is -2.35. The van der Waals surface area contributed by atoms with Gasteiger partial charge in [-0.3, -0.25) is 14.3 Å². The highest BCUT2D eigenvalue weighted by atomic mass is 32.2. The van der Waals surface area contributed by atoms with Gasteiger partial charge in [-0.25, -0.2) is 18.1 Å². The first-order chi connectivity index (χ1) is 18.0. The van der Waals surface area contributed by atoms with Crippen LogP contribution in [0.5, 0.6) is 0 Å². The topological polar surface area (TPSA) is 136 Å². The molecule has 0 aliphatic carbocycles. The Morgan fingerprint density at radius 3 is 2.11 bits per heavy atom. The molecule has 0 fully saturated rings. The van der Waals surface area contributed by atoms with E-state index in [1.54, 1.807) is 26.0 Å². The molecule has 4 rings (SSSR count). The zero-order valence-electron chi connectivity index (χ0n) is 20.8. The average molecular weight is 552 g/mol. The molecule has 1 aliphatic heterocycles. The maximum atomic E-state index is 13.5. The molecule has 3 N–H and O–H groups in total. The van der Waals surface area contributed by atoms with E-state index in [9.17, 15) is 22.8 Å². The molecule has 1 heterocycles. The number of ether oxygens (including phenoxy) is 1. The lowest BCUT2D eigenvalue weighted by molar-refractivity contribution is -0.120. The monoisotopic (exact) mass is 551 g/mol. The number of sulfonamides is 1. The molecule has 0 atom stereocenters. The summed E-state index contributed by atoms with van der Waals surface area (Å²) in [4.78, 5) is 40.5. The van der Waals surface area contributed by atoms with Crippen LogP contribution in [-0.2, 0) is 24.3 Å². The summed E-state index contributed by atoms with van der Waals surface area (Å²) in [6.45, 7) is 5.35. The van der Waals surface area contributed by atoms with E-state index in [1.807, 2.05) is 19.1 Å². The van der Waals surface area contributed by atoms with Crippen molar-refractivity contribution in [3.05, 3.63) is 94.5 Å². The Morgan fingerprint density at radius 1 is 0.921 bits per heavy atom. The minimum atomic E-state index is -4.22. The molecule has 196 valence electrons. The van der Waals surface area contributed by atoms with E-state index in [0.717, 1.165) is 22.2 Å². The van der Waals surface area contributed by atoms with Crippen LogP contribution in [0.3, 0.4) is 0 Å². The fourth-order valence-electron chi connectivity index (χ4n) is 3.52. The molecular weight excluding hydrogens is 526 g/mol. The standard InChI is InChI=1S/C27H25N3O6S2/c1-16(2)36-27(33)18-6-10-20(11-7-18)30-25(31)23(29-38(34,35)22-14-8-19(28)9-15-22)24(26(30)32)37-21-12-4-17(3)5-13-21/h4-16,29H,28H2,1-3H3. The lowest BCUT2D eigenvalue weighted by atomic mass is 10.2. The zero-order chi connectivity index (χ0) is 27.6. The van der Waals surface area contributed by atoms with Gasteiger partial charge < -0.3 is 10.5 Å². The zero-order valence-corrected chi connectivity index (χ0v) is 22.4. The average Bonchev–Trinajstić information content (AvgIpc) is 3.09. The highest BCUT2D eigenvalue weighted by Gasteiger charge is 2.42. The smallest absolute Gasteiger partial charge is 0.338 e. The van der Waals surface area contributed by atoms with Crippen LogP contribution in [0.1, 0.15) is 29.8 Å².